The van der Waals surface area contributed by atoms with Gasteiger partial charge in [0.2, 0.25) is 0 Å². The van der Waals surface area contributed by atoms with Gasteiger partial charge in [0.25, 0.3) is 0 Å². The smallest absolute Gasteiger partial charge is 0.184 e. The molecule has 1 heterocycles. The van der Waals surface area contributed by atoms with E-state index >= 15 is 0 Å². The Bertz CT molecular complexity index is 515. The molecule has 0 unspecified atom stereocenters. The maximum Gasteiger partial charge on any atom is 0.184 e. The SMILES string of the molecule is NC(=S)N/N=C\c1ccc2[nH]ccc2c1. The quantitative estimate of drug-likeness (QED) is 0.405. The van der Waals surface area contributed by atoms with Crippen molar-refractivity contribution in [3.8, 4) is 0 Å². The van der Waals surface area contributed by atoms with Gasteiger partial charge in [-0.1, -0.05) is 6.07 Å². The number of hydrogen-bond acceptors (Lipinski definition) is 2. The molecule has 0 aliphatic rings. The Morgan fingerprint density at radius 3 is 3.13 bits per heavy atom. The van der Waals surface area contributed by atoms with Gasteiger partial charge in [-0.2, -0.15) is 5.10 Å². The zero-order valence-corrected chi connectivity index (χ0v) is 8.71. The van der Waals surface area contributed by atoms with Gasteiger partial charge in [0.1, 0.15) is 0 Å². The van der Waals surface area contributed by atoms with Crippen LogP contribution in [0.2, 0.25) is 0 Å². The summed E-state index contributed by atoms with van der Waals surface area (Å²) < 4.78 is 0. The Morgan fingerprint density at radius 1 is 1.47 bits per heavy atom. The summed E-state index contributed by atoms with van der Waals surface area (Å²) in [5.74, 6) is 0. The number of nitrogens with zero attached hydrogens (tertiary/aromatic N) is 1. The van der Waals surface area contributed by atoms with E-state index in [1.165, 1.54) is 0 Å². The fourth-order valence-corrected chi connectivity index (χ4v) is 1.38. The van der Waals surface area contributed by atoms with Gasteiger partial charge in [-0.05, 0) is 41.4 Å². The van der Waals surface area contributed by atoms with Gasteiger partial charge < -0.3 is 10.7 Å². The van der Waals surface area contributed by atoms with E-state index in [9.17, 15) is 0 Å². The Labute approximate surface area is 92.2 Å². The normalized spacial score (nSPS) is 10.9. The van der Waals surface area contributed by atoms with Gasteiger partial charge in [-0.25, -0.2) is 0 Å². The molecule has 0 bridgehead atoms. The highest BCUT2D eigenvalue weighted by Gasteiger charge is 1.94. The highest BCUT2D eigenvalue weighted by Crippen LogP contribution is 2.12. The summed E-state index contributed by atoms with van der Waals surface area (Å²) in [5.41, 5.74) is 9.84. The van der Waals surface area contributed by atoms with E-state index in [0.717, 1.165) is 16.5 Å². The van der Waals surface area contributed by atoms with Crippen molar-refractivity contribution < 1.29 is 0 Å². The molecule has 1 aromatic heterocycles. The molecule has 0 atom stereocenters. The second kappa shape index (κ2) is 4.10. The molecule has 2 rings (SSSR count). The lowest BCUT2D eigenvalue weighted by Crippen LogP contribution is -2.23. The second-order valence-corrected chi connectivity index (χ2v) is 3.50. The Morgan fingerprint density at radius 2 is 2.33 bits per heavy atom. The third-order valence-corrected chi connectivity index (χ3v) is 2.06. The van der Waals surface area contributed by atoms with Crippen LogP contribution in [-0.2, 0) is 0 Å². The van der Waals surface area contributed by atoms with Gasteiger partial charge in [0, 0.05) is 11.7 Å². The molecule has 5 heteroatoms. The van der Waals surface area contributed by atoms with Gasteiger partial charge in [0.15, 0.2) is 5.11 Å². The zero-order chi connectivity index (χ0) is 10.7. The number of aromatic nitrogens is 1. The summed E-state index contributed by atoms with van der Waals surface area (Å²) >= 11 is 4.62. The average Bonchev–Trinajstić information content (AvgIpc) is 2.64. The van der Waals surface area contributed by atoms with Crippen LogP contribution in [0.1, 0.15) is 5.56 Å². The molecule has 0 spiro atoms. The largest absolute Gasteiger partial charge is 0.375 e. The first kappa shape index (κ1) is 9.67. The summed E-state index contributed by atoms with van der Waals surface area (Å²) in [7, 11) is 0. The monoisotopic (exact) mass is 218 g/mol. The minimum Gasteiger partial charge on any atom is -0.375 e. The molecule has 2 aromatic rings. The molecule has 76 valence electrons. The number of nitrogens with one attached hydrogen (secondary N) is 2. The van der Waals surface area contributed by atoms with Crippen LogP contribution < -0.4 is 11.2 Å². The molecule has 0 saturated heterocycles. The lowest BCUT2D eigenvalue weighted by atomic mass is 10.2. The van der Waals surface area contributed by atoms with Crippen molar-refractivity contribution >= 4 is 34.4 Å². The van der Waals surface area contributed by atoms with Crippen molar-refractivity contribution in [2.45, 2.75) is 0 Å². The molecule has 0 radical (unpaired) electrons. The first-order valence-corrected chi connectivity index (χ1v) is 4.82. The van der Waals surface area contributed by atoms with Gasteiger partial charge in [-0.15, -0.1) is 0 Å². The van der Waals surface area contributed by atoms with Crippen molar-refractivity contribution in [3.05, 3.63) is 36.0 Å². The molecular weight excluding hydrogens is 208 g/mol. The minimum absolute atomic E-state index is 0.161. The number of rotatable bonds is 2. The van der Waals surface area contributed by atoms with Crippen LogP contribution in [-0.4, -0.2) is 16.3 Å². The third-order valence-electron chi connectivity index (χ3n) is 1.97. The minimum atomic E-state index is 0.161. The van der Waals surface area contributed by atoms with Crippen molar-refractivity contribution in [1.82, 2.24) is 10.4 Å². The predicted octanol–water partition coefficient (Wildman–Crippen LogP) is 1.34. The van der Waals surface area contributed by atoms with Crippen LogP contribution in [0.4, 0.5) is 0 Å². The van der Waals surface area contributed by atoms with E-state index in [4.69, 9.17) is 5.73 Å². The fraction of sp³-hybridized carbons (Fsp3) is 0. The average molecular weight is 218 g/mol. The molecule has 1 aromatic carbocycles. The Balaban J connectivity index is 2.21. The lowest BCUT2D eigenvalue weighted by Gasteiger charge is -1.95. The number of thiocarbonyl (C=S) groups is 1. The number of aromatic amines is 1. The number of fused-ring (bicyclic) bond motifs is 1. The molecule has 15 heavy (non-hydrogen) atoms. The number of benzene rings is 1. The highest BCUT2D eigenvalue weighted by atomic mass is 32.1. The maximum absolute atomic E-state index is 5.23. The van der Waals surface area contributed by atoms with E-state index in [1.807, 2.05) is 30.5 Å². The third kappa shape index (κ3) is 2.32. The number of hydrogen-bond donors (Lipinski definition) is 3. The van der Waals surface area contributed by atoms with Crippen LogP contribution in [0.15, 0.2) is 35.6 Å². The standard InChI is InChI=1S/C10H10N4S/c11-10(15)14-13-6-7-1-2-9-8(5-7)3-4-12-9/h1-6,12H,(H3,11,14,15)/b13-6-. The maximum atomic E-state index is 5.23. The Kier molecular flexibility index (Phi) is 2.64. The predicted molar refractivity (Wildman–Crippen MR) is 65.8 cm³/mol. The van der Waals surface area contributed by atoms with E-state index in [1.54, 1.807) is 6.21 Å². The van der Waals surface area contributed by atoms with Gasteiger partial charge in [0.05, 0.1) is 6.21 Å². The second-order valence-electron chi connectivity index (χ2n) is 3.06. The summed E-state index contributed by atoms with van der Waals surface area (Å²) in [4.78, 5) is 3.12. The first-order chi connectivity index (χ1) is 7.25. The highest BCUT2D eigenvalue weighted by molar-refractivity contribution is 7.80. The summed E-state index contributed by atoms with van der Waals surface area (Å²) in [6.07, 6.45) is 3.57. The molecule has 0 amide bonds. The van der Waals surface area contributed by atoms with E-state index < -0.39 is 0 Å². The zero-order valence-electron chi connectivity index (χ0n) is 7.90. The molecular formula is C10H10N4S. The van der Waals surface area contributed by atoms with Crippen molar-refractivity contribution in [2.24, 2.45) is 10.8 Å². The summed E-state index contributed by atoms with van der Waals surface area (Å²) in [6.45, 7) is 0. The summed E-state index contributed by atoms with van der Waals surface area (Å²) in [6, 6.07) is 7.99. The molecule has 0 aliphatic carbocycles. The lowest BCUT2D eigenvalue weighted by molar-refractivity contribution is 1.04. The van der Waals surface area contributed by atoms with Crippen molar-refractivity contribution in [1.29, 1.82) is 0 Å². The molecule has 0 saturated carbocycles. The number of H-pyrrole nitrogens is 1. The van der Waals surface area contributed by atoms with Crippen molar-refractivity contribution in [2.75, 3.05) is 0 Å². The molecule has 4 N–H and O–H groups in total. The number of nitrogens with two attached hydrogens (primary N) is 1. The van der Waals surface area contributed by atoms with Crippen LogP contribution in [0.25, 0.3) is 10.9 Å². The Hall–Kier alpha value is -1.88. The topological polar surface area (TPSA) is 66.2 Å². The molecule has 0 aliphatic heterocycles. The number of hydrazone groups is 1. The molecule has 0 fully saturated rings. The van der Waals surface area contributed by atoms with Crippen molar-refractivity contribution in [3.63, 3.8) is 0 Å². The van der Waals surface area contributed by atoms with Crippen LogP contribution in [0.3, 0.4) is 0 Å². The first-order valence-electron chi connectivity index (χ1n) is 4.41. The molecule has 4 nitrogen and oxygen atoms in total. The summed E-state index contributed by atoms with van der Waals surface area (Å²) in [5, 5.41) is 5.19. The van der Waals surface area contributed by atoms with Crippen LogP contribution in [0, 0.1) is 0 Å². The van der Waals surface area contributed by atoms with Crippen LogP contribution in [0.5, 0.6) is 0 Å². The van der Waals surface area contributed by atoms with E-state index in [2.05, 4.69) is 27.7 Å². The fourth-order valence-electron chi connectivity index (χ4n) is 1.32. The van der Waals surface area contributed by atoms with Gasteiger partial charge >= 0.3 is 0 Å². The van der Waals surface area contributed by atoms with E-state index in [-0.39, 0.29) is 5.11 Å². The van der Waals surface area contributed by atoms with Crippen LogP contribution >= 0.6 is 12.2 Å². The van der Waals surface area contributed by atoms with E-state index in [0.29, 0.717) is 0 Å². The van der Waals surface area contributed by atoms with Gasteiger partial charge in [-0.3, -0.25) is 5.43 Å².